The van der Waals surface area contributed by atoms with E-state index < -0.39 is 31.1 Å². The first-order valence-corrected chi connectivity index (χ1v) is 9.07. The highest BCUT2D eigenvalue weighted by Gasteiger charge is 2.32. The predicted octanol–water partition coefficient (Wildman–Crippen LogP) is 1.16. The standard InChI is InChI=1S/C14H21N3O6S/c1-3-14(15,4-2)9-16-24(20,21)13-8-12-11(22-5-6-23-12)7-10(13)17(18)19/h7-8,16H,3-6,9,15H2,1-2H3. The van der Waals surface area contributed by atoms with Crippen LogP contribution in [0.3, 0.4) is 0 Å². The van der Waals surface area contributed by atoms with Crippen LogP contribution >= 0.6 is 0 Å². The number of nitrogens with two attached hydrogens (primary N) is 1. The summed E-state index contributed by atoms with van der Waals surface area (Å²) in [6, 6.07) is 2.18. The number of nitrogens with zero attached hydrogens (tertiary/aromatic N) is 1. The van der Waals surface area contributed by atoms with Crippen molar-refractivity contribution < 1.29 is 22.8 Å². The van der Waals surface area contributed by atoms with Crippen molar-refractivity contribution in [2.75, 3.05) is 19.8 Å². The van der Waals surface area contributed by atoms with Gasteiger partial charge in [0, 0.05) is 18.2 Å². The zero-order valence-corrected chi connectivity index (χ0v) is 14.4. The molecule has 1 aliphatic heterocycles. The van der Waals surface area contributed by atoms with Gasteiger partial charge in [0.15, 0.2) is 16.4 Å². The third-order valence-electron chi connectivity index (χ3n) is 4.13. The highest BCUT2D eigenvalue weighted by molar-refractivity contribution is 7.89. The minimum atomic E-state index is -4.13. The maximum atomic E-state index is 12.6. The molecule has 0 saturated heterocycles. The van der Waals surface area contributed by atoms with Crippen LogP contribution in [0.25, 0.3) is 0 Å². The summed E-state index contributed by atoms with van der Waals surface area (Å²) >= 11 is 0. The second-order valence-electron chi connectivity index (χ2n) is 5.61. The van der Waals surface area contributed by atoms with Gasteiger partial charge in [0.1, 0.15) is 13.2 Å². The van der Waals surface area contributed by atoms with Crippen molar-refractivity contribution >= 4 is 15.7 Å². The van der Waals surface area contributed by atoms with Crippen molar-refractivity contribution in [1.82, 2.24) is 4.72 Å². The lowest BCUT2D eigenvalue weighted by molar-refractivity contribution is -0.388. The van der Waals surface area contributed by atoms with E-state index in [1.807, 2.05) is 13.8 Å². The molecule has 2 rings (SSSR count). The largest absolute Gasteiger partial charge is 0.486 e. The lowest BCUT2D eigenvalue weighted by atomic mass is 9.95. The Morgan fingerprint density at radius 1 is 1.25 bits per heavy atom. The predicted molar refractivity (Wildman–Crippen MR) is 86.8 cm³/mol. The van der Waals surface area contributed by atoms with Crippen LogP contribution in [0.5, 0.6) is 11.5 Å². The van der Waals surface area contributed by atoms with Gasteiger partial charge in [-0.3, -0.25) is 10.1 Å². The maximum Gasteiger partial charge on any atom is 0.293 e. The highest BCUT2D eigenvalue weighted by atomic mass is 32.2. The van der Waals surface area contributed by atoms with Gasteiger partial charge in [-0.25, -0.2) is 13.1 Å². The molecule has 0 unspecified atom stereocenters. The molecule has 134 valence electrons. The van der Waals surface area contributed by atoms with Gasteiger partial charge in [0.05, 0.1) is 11.0 Å². The van der Waals surface area contributed by atoms with Gasteiger partial charge in [0.2, 0.25) is 10.0 Å². The summed E-state index contributed by atoms with van der Waals surface area (Å²) < 4.78 is 38.1. The smallest absolute Gasteiger partial charge is 0.293 e. The van der Waals surface area contributed by atoms with Gasteiger partial charge in [-0.05, 0) is 12.8 Å². The molecule has 0 aromatic heterocycles. The number of ether oxygens (including phenoxy) is 2. The summed E-state index contributed by atoms with van der Waals surface area (Å²) in [4.78, 5) is 10.0. The molecule has 10 heteroatoms. The number of hydrogen-bond acceptors (Lipinski definition) is 7. The van der Waals surface area contributed by atoms with Crippen LogP contribution in [0.4, 0.5) is 5.69 Å². The first-order valence-electron chi connectivity index (χ1n) is 7.59. The summed E-state index contributed by atoms with van der Waals surface area (Å²) in [6.07, 6.45) is 1.13. The fraction of sp³-hybridized carbons (Fsp3) is 0.571. The van der Waals surface area contributed by atoms with Crippen molar-refractivity contribution in [3.8, 4) is 11.5 Å². The van der Waals surface area contributed by atoms with Crippen LogP contribution in [0.15, 0.2) is 17.0 Å². The Balaban J connectivity index is 2.40. The number of rotatable bonds is 7. The Bertz CT molecular complexity index is 730. The first-order chi connectivity index (χ1) is 11.2. The van der Waals surface area contributed by atoms with Crippen LogP contribution in [0, 0.1) is 10.1 Å². The molecule has 0 amide bonds. The Kier molecular flexibility index (Phi) is 5.31. The zero-order chi connectivity index (χ0) is 18.0. The molecule has 0 radical (unpaired) electrons. The van der Waals surface area contributed by atoms with E-state index in [0.717, 1.165) is 12.1 Å². The fourth-order valence-electron chi connectivity index (χ4n) is 2.23. The van der Waals surface area contributed by atoms with Gasteiger partial charge < -0.3 is 15.2 Å². The number of nitro groups is 1. The number of nitro benzene ring substituents is 1. The number of nitrogens with one attached hydrogen (secondary N) is 1. The molecule has 1 aliphatic rings. The average Bonchev–Trinajstić information content (AvgIpc) is 2.58. The van der Waals surface area contributed by atoms with E-state index in [1.54, 1.807) is 0 Å². The molecule has 0 saturated carbocycles. The lowest BCUT2D eigenvalue weighted by Crippen LogP contribution is -2.49. The van der Waals surface area contributed by atoms with Crippen molar-refractivity contribution in [3.05, 3.63) is 22.2 Å². The second-order valence-corrected chi connectivity index (χ2v) is 7.35. The summed E-state index contributed by atoms with van der Waals surface area (Å²) in [5, 5.41) is 11.3. The third-order valence-corrected chi connectivity index (χ3v) is 5.56. The van der Waals surface area contributed by atoms with Crippen molar-refractivity contribution in [1.29, 1.82) is 0 Å². The van der Waals surface area contributed by atoms with Crippen LogP contribution < -0.4 is 19.9 Å². The molecule has 3 N–H and O–H groups in total. The van der Waals surface area contributed by atoms with Gasteiger partial charge in [-0.2, -0.15) is 0 Å². The van der Waals surface area contributed by atoms with Crippen LogP contribution in [0.2, 0.25) is 0 Å². The molecule has 0 bridgehead atoms. The fourth-order valence-corrected chi connectivity index (χ4v) is 3.54. The number of fused-ring (bicyclic) bond motifs is 1. The third kappa shape index (κ3) is 3.77. The van der Waals surface area contributed by atoms with Crippen LogP contribution in [-0.4, -0.2) is 38.6 Å². The normalized spacial score (nSPS) is 14.5. The average molecular weight is 359 g/mol. The molecule has 0 spiro atoms. The summed E-state index contributed by atoms with van der Waals surface area (Å²) in [7, 11) is -4.13. The van der Waals surface area contributed by atoms with Crippen molar-refractivity contribution in [2.24, 2.45) is 5.73 Å². The van der Waals surface area contributed by atoms with E-state index in [-0.39, 0.29) is 31.3 Å². The number of sulfonamides is 1. The van der Waals surface area contributed by atoms with Gasteiger partial charge in [-0.1, -0.05) is 13.8 Å². The molecule has 9 nitrogen and oxygen atoms in total. The van der Waals surface area contributed by atoms with E-state index in [9.17, 15) is 18.5 Å². The summed E-state index contributed by atoms with van der Waals surface area (Å²) in [5.74, 6) is 0.319. The minimum absolute atomic E-state index is 0.0199. The molecule has 0 fully saturated rings. The Labute approximate surface area is 140 Å². The molecule has 24 heavy (non-hydrogen) atoms. The topological polar surface area (TPSA) is 134 Å². The zero-order valence-electron chi connectivity index (χ0n) is 13.6. The van der Waals surface area contributed by atoms with Gasteiger partial charge >= 0.3 is 0 Å². The second kappa shape index (κ2) is 6.91. The van der Waals surface area contributed by atoms with Gasteiger partial charge in [-0.15, -0.1) is 0 Å². The van der Waals surface area contributed by atoms with E-state index in [2.05, 4.69) is 4.72 Å². The molecule has 0 aliphatic carbocycles. The molecular weight excluding hydrogens is 338 g/mol. The molecule has 1 heterocycles. The lowest BCUT2D eigenvalue weighted by Gasteiger charge is -2.26. The quantitative estimate of drug-likeness (QED) is 0.551. The van der Waals surface area contributed by atoms with Crippen molar-refractivity contribution in [3.63, 3.8) is 0 Å². The van der Waals surface area contributed by atoms with E-state index in [0.29, 0.717) is 12.8 Å². The first kappa shape index (κ1) is 18.4. The van der Waals surface area contributed by atoms with Gasteiger partial charge in [0.25, 0.3) is 5.69 Å². The number of hydrogen-bond donors (Lipinski definition) is 2. The maximum absolute atomic E-state index is 12.6. The van der Waals surface area contributed by atoms with E-state index in [1.165, 1.54) is 0 Å². The summed E-state index contributed by atoms with van der Waals surface area (Å²) in [5.41, 5.74) is 4.81. The van der Waals surface area contributed by atoms with E-state index in [4.69, 9.17) is 15.2 Å². The Morgan fingerprint density at radius 3 is 2.29 bits per heavy atom. The SMILES string of the molecule is CCC(N)(CC)CNS(=O)(=O)c1cc2c(cc1[N+](=O)[O-])OCCO2. The number of benzene rings is 1. The molecular formula is C14H21N3O6S. The monoisotopic (exact) mass is 359 g/mol. The Hall–Kier alpha value is -1.91. The Morgan fingerprint density at radius 2 is 1.79 bits per heavy atom. The van der Waals surface area contributed by atoms with E-state index >= 15 is 0 Å². The van der Waals surface area contributed by atoms with Crippen LogP contribution in [-0.2, 0) is 10.0 Å². The van der Waals surface area contributed by atoms with Crippen molar-refractivity contribution in [2.45, 2.75) is 37.1 Å². The molecule has 1 aromatic carbocycles. The highest BCUT2D eigenvalue weighted by Crippen LogP contribution is 2.38. The summed E-state index contributed by atoms with van der Waals surface area (Å²) in [6.45, 7) is 4.18. The molecule has 1 aromatic rings. The molecule has 0 atom stereocenters. The minimum Gasteiger partial charge on any atom is -0.486 e. The van der Waals surface area contributed by atoms with Crippen LogP contribution in [0.1, 0.15) is 26.7 Å².